The smallest absolute Gasteiger partial charge is 0.305 e. The van der Waals surface area contributed by atoms with Gasteiger partial charge in [0, 0.05) is 32.1 Å². The fourth-order valence-corrected chi connectivity index (χ4v) is 2.06. The van der Waals surface area contributed by atoms with Gasteiger partial charge in [0.2, 0.25) is 5.91 Å². The first-order chi connectivity index (χ1) is 9.11. The Morgan fingerprint density at radius 1 is 1.37 bits per heavy atom. The minimum Gasteiger partial charge on any atom is -0.466 e. The number of carbonyl (C=O) groups excluding carboxylic acids is 2. The Bertz CT molecular complexity index is 289. The van der Waals surface area contributed by atoms with Gasteiger partial charge in [-0.15, -0.1) is 0 Å². The number of nitrogens with two attached hydrogens (primary N) is 1. The van der Waals surface area contributed by atoms with Crippen molar-refractivity contribution >= 4 is 11.9 Å². The summed E-state index contributed by atoms with van der Waals surface area (Å²) in [4.78, 5) is 24.9. The van der Waals surface area contributed by atoms with Gasteiger partial charge in [-0.3, -0.25) is 14.5 Å². The second-order valence-corrected chi connectivity index (χ2v) is 4.87. The predicted molar refractivity (Wildman–Crippen MR) is 72.5 cm³/mol. The molecular formula is C13H25N3O3. The Balaban J connectivity index is 2.03. The van der Waals surface area contributed by atoms with Crippen LogP contribution in [-0.2, 0) is 14.3 Å². The average Bonchev–Trinajstić information content (AvgIpc) is 2.38. The molecule has 3 N–H and O–H groups in total. The van der Waals surface area contributed by atoms with Crippen LogP contribution >= 0.6 is 0 Å². The van der Waals surface area contributed by atoms with Gasteiger partial charge in [0.1, 0.15) is 0 Å². The fraction of sp³-hybridized carbons (Fsp3) is 0.846. The topological polar surface area (TPSA) is 84.7 Å². The lowest BCUT2D eigenvalue weighted by Gasteiger charge is -2.29. The van der Waals surface area contributed by atoms with Crippen LogP contribution in [0.15, 0.2) is 0 Å². The van der Waals surface area contributed by atoms with Gasteiger partial charge in [-0.1, -0.05) is 0 Å². The standard InChI is InChI=1S/C13H25N3O3/c1-2-19-13(18)4-3-7-15-12(17)10-16-8-5-11(14)6-9-16/h11H,2-10,14H2,1H3,(H,15,17). The highest BCUT2D eigenvalue weighted by atomic mass is 16.5. The van der Waals surface area contributed by atoms with Crippen LogP contribution in [0.3, 0.4) is 0 Å². The molecule has 1 amide bonds. The summed E-state index contributed by atoms with van der Waals surface area (Å²) in [7, 11) is 0. The van der Waals surface area contributed by atoms with Crippen molar-refractivity contribution in [2.75, 3.05) is 32.8 Å². The molecule has 0 unspecified atom stereocenters. The largest absolute Gasteiger partial charge is 0.466 e. The highest BCUT2D eigenvalue weighted by molar-refractivity contribution is 5.78. The number of esters is 1. The van der Waals surface area contributed by atoms with Crippen molar-refractivity contribution in [1.29, 1.82) is 0 Å². The highest BCUT2D eigenvalue weighted by Gasteiger charge is 2.17. The lowest BCUT2D eigenvalue weighted by Crippen LogP contribution is -2.44. The Morgan fingerprint density at radius 2 is 2.05 bits per heavy atom. The molecule has 0 spiro atoms. The van der Waals surface area contributed by atoms with E-state index in [1.165, 1.54) is 0 Å². The third-order valence-electron chi connectivity index (χ3n) is 3.18. The van der Waals surface area contributed by atoms with Gasteiger partial charge in [0.15, 0.2) is 0 Å². The Kier molecular flexibility index (Phi) is 7.43. The van der Waals surface area contributed by atoms with Crippen molar-refractivity contribution in [2.45, 2.75) is 38.6 Å². The normalized spacial score (nSPS) is 17.2. The second kappa shape index (κ2) is 8.87. The third-order valence-corrected chi connectivity index (χ3v) is 3.18. The van der Waals surface area contributed by atoms with E-state index < -0.39 is 0 Å². The van der Waals surface area contributed by atoms with Crippen LogP contribution in [-0.4, -0.2) is 55.6 Å². The minimum atomic E-state index is -0.207. The van der Waals surface area contributed by atoms with Crippen LogP contribution in [0.2, 0.25) is 0 Å². The molecule has 6 heteroatoms. The van der Waals surface area contributed by atoms with Crippen LogP contribution in [0.4, 0.5) is 0 Å². The number of hydrogen-bond donors (Lipinski definition) is 2. The van der Waals surface area contributed by atoms with Crippen molar-refractivity contribution in [3.63, 3.8) is 0 Å². The molecule has 1 aliphatic rings. The van der Waals surface area contributed by atoms with E-state index >= 15 is 0 Å². The molecule has 0 saturated carbocycles. The molecule has 19 heavy (non-hydrogen) atoms. The first kappa shape index (κ1) is 15.9. The zero-order chi connectivity index (χ0) is 14.1. The molecule has 0 aromatic heterocycles. The van der Waals surface area contributed by atoms with Gasteiger partial charge in [-0.2, -0.15) is 0 Å². The zero-order valence-electron chi connectivity index (χ0n) is 11.7. The molecule has 0 atom stereocenters. The molecule has 0 aromatic carbocycles. The molecule has 0 radical (unpaired) electrons. The number of ether oxygens (including phenoxy) is 1. The monoisotopic (exact) mass is 271 g/mol. The lowest BCUT2D eigenvalue weighted by molar-refractivity contribution is -0.143. The van der Waals surface area contributed by atoms with E-state index in [9.17, 15) is 9.59 Å². The van der Waals surface area contributed by atoms with Crippen molar-refractivity contribution in [1.82, 2.24) is 10.2 Å². The van der Waals surface area contributed by atoms with Gasteiger partial charge in [0.25, 0.3) is 0 Å². The molecule has 0 bridgehead atoms. The van der Waals surface area contributed by atoms with E-state index in [1.807, 2.05) is 0 Å². The van der Waals surface area contributed by atoms with Crippen molar-refractivity contribution < 1.29 is 14.3 Å². The van der Waals surface area contributed by atoms with Crippen molar-refractivity contribution in [3.8, 4) is 0 Å². The van der Waals surface area contributed by atoms with E-state index in [1.54, 1.807) is 6.92 Å². The third kappa shape index (κ3) is 7.12. The lowest BCUT2D eigenvalue weighted by atomic mass is 10.1. The van der Waals surface area contributed by atoms with Crippen LogP contribution in [0, 0.1) is 0 Å². The Morgan fingerprint density at radius 3 is 2.68 bits per heavy atom. The molecule has 1 aliphatic heterocycles. The summed E-state index contributed by atoms with van der Waals surface area (Å²) in [5.41, 5.74) is 5.81. The van der Waals surface area contributed by atoms with Crippen molar-refractivity contribution in [3.05, 3.63) is 0 Å². The summed E-state index contributed by atoms with van der Waals surface area (Å²) in [6, 6.07) is 0.281. The predicted octanol–water partition coefficient (Wildman–Crippen LogP) is -0.131. The van der Waals surface area contributed by atoms with E-state index in [4.69, 9.17) is 10.5 Å². The summed E-state index contributed by atoms with van der Waals surface area (Å²) in [5.74, 6) is -0.193. The van der Waals surface area contributed by atoms with Gasteiger partial charge in [-0.25, -0.2) is 0 Å². The maximum Gasteiger partial charge on any atom is 0.305 e. The first-order valence-corrected chi connectivity index (χ1v) is 7.02. The maximum absolute atomic E-state index is 11.7. The van der Waals surface area contributed by atoms with Crippen LogP contribution in [0.5, 0.6) is 0 Å². The molecular weight excluding hydrogens is 246 g/mol. The number of amides is 1. The summed E-state index contributed by atoms with van der Waals surface area (Å²) in [5, 5.41) is 2.82. The fourth-order valence-electron chi connectivity index (χ4n) is 2.06. The van der Waals surface area contributed by atoms with Gasteiger partial charge < -0.3 is 15.8 Å². The van der Waals surface area contributed by atoms with E-state index in [0.717, 1.165) is 25.9 Å². The molecule has 1 saturated heterocycles. The van der Waals surface area contributed by atoms with Crippen LogP contribution in [0.25, 0.3) is 0 Å². The molecule has 0 aliphatic carbocycles. The number of piperidine rings is 1. The SMILES string of the molecule is CCOC(=O)CCCNC(=O)CN1CCC(N)CC1. The van der Waals surface area contributed by atoms with Crippen molar-refractivity contribution in [2.24, 2.45) is 5.73 Å². The summed E-state index contributed by atoms with van der Waals surface area (Å²) < 4.78 is 4.81. The average molecular weight is 271 g/mol. The number of rotatable bonds is 7. The van der Waals surface area contributed by atoms with Crippen LogP contribution in [0.1, 0.15) is 32.6 Å². The molecule has 0 aromatic rings. The summed E-state index contributed by atoms with van der Waals surface area (Å²) in [6.45, 7) is 4.90. The quantitative estimate of drug-likeness (QED) is 0.498. The van der Waals surface area contributed by atoms with Gasteiger partial charge in [-0.05, 0) is 26.2 Å². The molecule has 1 fully saturated rings. The molecule has 110 valence electrons. The minimum absolute atomic E-state index is 0.0133. The van der Waals surface area contributed by atoms with Crippen LogP contribution < -0.4 is 11.1 Å². The zero-order valence-corrected chi connectivity index (χ0v) is 11.7. The summed E-state index contributed by atoms with van der Waals surface area (Å²) in [6.07, 6.45) is 2.88. The number of carbonyl (C=O) groups is 2. The molecule has 6 nitrogen and oxygen atoms in total. The Labute approximate surface area is 114 Å². The highest BCUT2D eigenvalue weighted by Crippen LogP contribution is 2.07. The second-order valence-electron chi connectivity index (χ2n) is 4.87. The molecule has 1 rings (SSSR count). The summed E-state index contributed by atoms with van der Waals surface area (Å²) >= 11 is 0. The Hall–Kier alpha value is -1.14. The number of nitrogens with zero attached hydrogens (tertiary/aromatic N) is 1. The van der Waals surface area contributed by atoms with E-state index in [0.29, 0.717) is 32.5 Å². The van der Waals surface area contributed by atoms with E-state index in [2.05, 4.69) is 10.2 Å². The maximum atomic E-state index is 11.7. The van der Waals surface area contributed by atoms with Gasteiger partial charge >= 0.3 is 5.97 Å². The van der Waals surface area contributed by atoms with Gasteiger partial charge in [0.05, 0.1) is 13.2 Å². The number of nitrogens with one attached hydrogen (secondary N) is 1. The molecule has 1 heterocycles. The number of hydrogen-bond acceptors (Lipinski definition) is 5. The first-order valence-electron chi connectivity index (χ1n) is 7.02. The number of likely N-dealkylation sites (tertiary alicyclic amines) is 1. The van der Waals surface area contributed by atoms with E-state index in [-0.39, 0.29) is 17.9 Å².